The number of imidazole rings is 1. The number of anilines is 1. The molecule has 0 radical (unpaired) electrons. The van der Waals surface area contributed by atoms with Crippen LogP contribution < -0.4 is 4.90 Å². The molecule has 1 aliphatic heterocycles. The summed E-state index contributed by atoms with van der Waals surface area (Å²) in [4.78, 5) is 45.2. The van der Waals surface area contributed by atoms with Crippen LogP contribution in [0.3, 0.4) is 0 Å². The third-order valence-electron chi connectivity index (χ3n) is 3.91. The molecule has 1 aromatic heterocycles. The van der Waals surface area contributed by atoms with Crippen LogP contribution in [0.2, 0.25) is 0 Å². The summed E-state index contributed by atoms with van der Waals surface area (Å²) in [5.41, 5.74) is 1.51. The predicted octanol–water partition coefficient (Wildman–Crippen LogP) is 1.71. The van der Waals surface area contributed by atoms with Gasteiger partial charge in [0.15, 0.2) is 5.78 Å². The number of carbonyl (C=O) groups is 3. The van der Waals surface area contributed by atoms with E-state index in [1.807, 2.05) is 0 Å². The Labute approximate surface area is 127 Å². The maximum Gasteiger partial charge on any atom is 0.295 e. The Balaban J connectivity index is 1.94. The third-order valence-corrected chi connectivity index (χ3v) is 3.91. The van der Waals surface area contributed by atoms with Crippen LogP contribution >= 0.6 is 0 Å². The van der Waals surface area contributed by atoms with E-state index in [-0.39, 0.29) is 12.3 Å². The van der Waals surface area contributed by atoms with Crippen molar-refractivity contribution in [3.05, 3.63) is 24.5 Å². The van der Waals surface area contributed by atoms with Crippen LogP contribution in [0.15, 0.2) is 24.5 Å². The minimum absolute atomic E-state index is 0.105. The van der Waals surface area contributed by atoms with Crippen molar-refractivity contribution in [3.8, 4) is 0 Å². The first-order valence-electron chi connectivity index (χ1n) is 7.12. The number of nitrogens with one attached hydrogen (secondary N) is 1. The number of aromatic nitrogens is 2. The van der Waals surface area contributed by atoms with Crippen molar-refractivity contribution in [1.82, 2.24) is 9.97 Å². The Morgan fingerprint density at radius 2 is 2.05 bits per heavy atom. The fraction of sp³-hybridized carbons (Fsp3) is 0.375. The van der Waals surface area contributed by atoms with Crippen LogP contribution in [0.1, 0.15) is 20.8 Å². The Bertz CT molecular complexity index is 785. The van der Waals surface area contributed by atoms with E-state index in [4.69, 9.17) is 0 Å². The zero-order chi connectivity index (χ0) is 16.1. The summed E-state index contributed by atoms with van der Waals surface area (Å²) < 4.78 is 0. The molecule has 114 valence electrons. The molecule has 1 N–H and O–H groups in total. The maximum atomic E-state index is 12.4. The minimum Gasteiger partial charge on any atom is -0.345 e. The summed E-state index contributed by atoms with van der Waals surface area (Å²) in [6.45, 7) is 5.37. The highest BCUT2D eigenvalue weighted by molar-refractivity contribution is 6.48. The van der Waals surface area contributed by atoms with Gasteiger partial charge in [-0.3, -0.25) is 14.4 Å². The number of Topliss-reactive ketones (excluding diaryl/α,β-unsaturated/α-hetero) is 2. The molecular weight excluding hydrogens is 282 g/mol. The second-order valence-corrected chi connectivity index (χ2v) is 6.55. The zero-order valence-corrected chi connectivity index (χ0v) is 12.7. The van der Waals surface area contributed by atoms with Crippen LogP contribution in [-0.2, 0) is 14.4 Å². The van der Waals surface area contributed by atoms with Gasteiger partial charge in [-0.25, -0.2) is 4.98 Å². The van der Waals surface area contributed by atoms with Gasteiger partial charge in [0, 0.05) is 17.6 Å². The Morgan fingerprint density at radius 3 is 2.73 bits per heavy atom. The molecule has 1 unspecified atom stereocenters. The van der Waals surface area contributed by atoms with Crippen molar-refractivity contribution in [1.29, 1.82) is 0 Å². The van der Waals surface area contributed by atoms with Gasteiger partial charge in [0.25, 0.3) is 5.91 Å². The highest BCUT2D eigenvalue weighted by atomic mass is 16.2. The lowest BCUT2D eigenvalue weighted by Crippen LogP contribution is -2.33. The van der Waals surface area contributed by atoms with Crippen LogP contribution in [0.4, 0.5) is 5.69 Å². The van der Waals surface area contributed by atoms with Crippen molar-refractivity contribution in [2.75, 3.05) is 11.4 Å². The summed E-state index contributed by atoms with van der Waals surface area (Å²) >= 11 is 0. The minimum atomic E-state index is -0.884. The molecule has 1 atom stereocenters. The lowest BCUT2D eigenvalue weighted by molar-refractivity contribution is -0.141. The van der Waals surface area contributed by atoms with Gasteiger partial charge in [-0.15, -0.1) is 0 Å². The van der Waals surface area contributed by atoms with Gasteiger partial charge in [0.05, 0.1) is 17.4 Å². The first-order chi connectivity index (χ1) is 10.3. The average Bonchev–Trinajstić information content (AvgIpc) is 3.03. The van der Waals surface area contributed by atoms with Crippen LogP contribution in [-0.4, -0.2) is 34.0 Å². The van der Waals surface area contributed by atoms with Gasteiger partial charge in [-0.2, -0.15) is 0 Å². The SMILES string of the molecule is CC(C)(C)C(=O)C1CN(c2ccc3nc[nH]c3c2)C(=O)C1=O. The summed E-state index contributed by atoms with van der Waals surface area (Å²) in [5.74, 6) is -2.33. The molecule has 1 fully saturated rings. The summed E-state index contributed by atoms with van der Waals surface area (Å²) in [6, 6.07) is 5.27. The van der Waals surface area contributed by atoms with E-state index in [9.17, 15) is 14.4 Å². The van der Waals surface area contributed by atoms with Crippen LogP contribution in [0.5, 0.6) is 0 Å². The van der Waals surface area contributed by atoms with E-state index in [1.54, 1.807) is 45.3 Å². The number of hydrogen-bond donors (Lipinski definition) is 1. The van der Waals surface area contributed by atoms with Crippen LogP contribution in [0.25, 0.3) is 11.0 Å². The van der Waals surface area contributed by atoms with Gasteiger partial charge >= 0.3 is 0 Å². The van der Waals surface area contributed by atoms with E-state index in [0.29, 0.717) is 5.69 Å². The number of rotatable bonds is 2. The molecule has 2 heterocycles. The lowest BCUT2D eigenvalue weighted by atomic mass is 9.82. The maximum absolute atomic E-state index is 12.4. The molecule has 6 heteroatoms. The topological polar surface area (TPSA) is 83.1 Å². The number of ketones is 2. The second kappa shape index (κ2) is 4.76. The highest BCUT2D eigenvalue weighted by Crippen LogP contribution is 2.30. The molecule has 2 aromatic rings. The summed E-state index contributed by atoms with van der Waals surface area (Å²) in [6.07, 6.45) is 1.57. The van der Waals surface area contributed by atoms with Gasteiger partial charge in [0.2, 0.25) is 5.78 Å². The van der Waals surface area contributed by atoms with Crippen molar-refractivity contribution in [2.24, 2.45) is 11.3 Å². The van der Waals surface area contributed by atoms with Gasteiger partial charge in [0.1, 0.15) is 5.92 Å². The van der Waals surface area contributed by atoms with Crippen molar-refractivity contribution >= 4 is 34.2 Å². The average molecular weight is 299 g/mol. The Morgan fingerprint density at radius 1 is 1.32 bits per heavy atom. The number of carbonyl (C=O) groups excluding carboxylic acids is 3. The molecule has 3 rings (SSSR count). The van der Waals surface area contributed by atoms with E-state index in [0.717, 1.165) is 11.0 Å². The Hall–Kier alpha value is -2.50. The lowest BCUT2D eigenvalue weighted by Gasteiger charge is -2.20. The fourth-order valence-electron chi connectivity index (χ4n) is 2.67. The number of hydrogen-bond acceptors (Lipinski definition) is 4. The van der Waals surface area contributed by atoms with Gasteiger partial charge in [-0.05, 0) is 18.2 Å². The zero-order valence-electron chi connectivity index (χ0n) is 12.7. The predicted molar refractivity (Wildman–Crippen MR) is 81.4 cm³/mol. The molecule has 0 aliphatic carbocycles. The van der Waals surface area contributed by atoms with Gasteiger partial charge < -0.3 is 9.88 Å². The quantitative estimate of drug-likeness (QED) is 0.676. The summed E-state index contributed by atoms with van der Waals surface area (Å²) in [5, 5.41) is 0. The van der Waals surface area contributed by atoms with Crippen molar-refractivity contribution in [3.63, 3.8) is 0 Å². The van der Waals surface area contributed by atoms with E-state index >= 15 is 0 Å². The number of nitrogens with zero attached hydrogens (tertiary/aromatic N) is 2. The van der Waals surface area contributed by atoms with Gasteiger partial charge in [-0.1, -0.05) is 20.8 Å². The molecule has 1 saturated heterocycles. The number of benzene rings is 1. The second-order valence-electron chi connectivity index (χ2n) is 6.55. The van der Waals surface area contributed by atoms with E-state index in [1.165, 1.54) is 4.90 Å². The van der Waals surface area contributed by atoms with Crippen molar-refractivity contribution in [2.45, 2.75) is 20.8 Å². The molecule has 0 saturated carbocycles. The smallest absolute Gasteiger partial charge is 0.295 e. The monoisotopic (exact) mass is 299 g/mol. The molecule has 22 heavy (non-hydrogen) atoms. The number of fused-ring (bicyclic) bond motifs is 1. The van der Waals surface area contributed by atoms with E-state index in [2.05, 4.69) is 9.97 Å². The largest absolute Gasteiger partial charge is 0.345 e. The first kappa shape index (κ1) is 14.4. The number of aromatic amines is 1. The number of H-pyrrole nitrogens is 1. The number of amides is 1. The molecule has 0 spiro atoms. The molecule has 0 bridgehead atoms. The molecule has 1 aliphatic rings. The molecule has 6 nitrogen and oxygen atoms in total. The molecule has 1 amide bonds. The van der Waals surface area contributed by atoms with Crippen LogP contribution in [0, 0.1) is 11.3 Å². The first-order valence-corrected chi connectivity index (χ1v) is 7.12. The highest BCUT2D eigenvalue weighted by Gasteiger charge is 2.46. The fourth-order valence-corrected chi connectivity index (χ4v) is 2.67. The molecular formula is C16H17N3O3. The van der Waals surface area contributed by atoms with Crippen molar-refractivity contribution < 1.29 is 14.4 Å². The third kappa shape index (κ3) is 2.20. The summed E-state index contributed by atoms with van der Waals surface area (Å²) in [7, 11) is 0. The normalized spacial score (nSPS) is 19.2. The van der Waals surface area contributed by atoms with E-state index < -0.39 is 23.0 Å². The molecule has 1 aromatic carbocycles. The standard InChI is InChI=1S/C16H17N3O3/c1-16(2,3)14(21)10-7-19(15(22)13(10)20)9-4-5-11-12(6-9)18-8-17-11/h4-6,8,10H,7H2,1-3H3,(H,17,18). The Kier molecular flexibility index (Phi) is 3.12.